The number of aryl methyl sites for hydroxylation is 2. The lowest BCUT2D eigenvalue weighted by atomic mass is 9.96. The molecule has 41 heavy (non-hydrogen) atoms. The molecular weight excluding hydrogens is 522 g/mol. The molecule has 0 aromatic heterocycles. The van der Waals surface area contributed by atoms with Gasteiger partial charge >= 0.3 is 6.09 Å². The maximum Gasteiger partial charge on any atom is 0.408 e. The van der Waals surface area contributed by atoms with E-state index in [1.54, 1.807) is 71.3 Å². The topological polar surface area (TPSA) is 117 Å². The summed E-state index contributed by atoms with van der Waals surface area (Å²) in [7, 11) is 3.10. The van der Waals surface area contributed by atoms with E-state index in [9.17, 15) is 19.5 Å². The number of nitrogens with zero attached hydrogens (tertiary/aromatic N) is 1. The number of carbonyl (C=O) groups is 3. The molecule has 0 aliphatic rings. The van der Waals surface area contributed by atoms with Gasteiger partial charge in [0.25, 0.3) is 5.91 Å². The third-order valence-electron chi connectivity index (χ3n) is 6.44. The van der Waals surface area contributed by atoms with Crippen LogP contribution in [0.1, 0.15) is 49.1 Å². The van der Waals surface area contributed by atoms with Crippen LogP contribution in [-0.4, -0.2) is 53.7 Å². The van der Waals surface area contributed by atoms with Crippen LogP contribution in [0.4, 0.5) is 10.5 Å². The molecule has 3 N–H and O–H groups in total. The van der Waals surface area contributed by atoms with Crippen molar-refractivity contribution in [3.63, 3.8) is 0 Å². The van der Waals surface area contributed by atoms with Crippen LogP contribution in [0.15, 0.2) is 66.7 Å². The minimum Gasteiger partial charge on any atom is -0.508 e. The number of phenolic OH excluding ortho intramolecular Hbond substituents is 1. The Morgan fingerprint density at radius 3 is 2.17 bits per heavy atom. The summed E-state index contributed by atoms with van der Waals surface area (Å²) in [5.41, 5.74) is 2.90. The first-order valence-corrected chi connectivity index (χ1v) is 13.3. The highest BCUT2D eigenvalue weighted by atomic mass is 16.6. The summed E-state index contributed by atoms with van der Waals surface area (Å²) in [6, 6.07) is 16.9. The summed E-state index contributed by atoms with van der Waals surface area (Å²) < 4.78 is 10.6. The van der Waals surface area contributed by atoms with Crippen molar-refractivity contribution in [3.05, 3.63) is 89.0 Å². The van der Waals surface area contributed by atoms with Gasteiger partial charge in [0, 0.05) is 19.2 Å². The number of carbonyl (C=O) groups excluding carboxylic acids is 3. The van der Waals surface area contributed by atoms with Crippen LogP contribution in [0.2, 0.25) is 0 Å². The van der Waals surface area contributed by atoms with Gasteiger partial charge in [0.1, 0.15) is 29.2 Å². The summed E-state index contributed by atoms with van der Waals surface area (Å²) in [6.07, 6.45) is -0.642. The number of phenols is 1. The molecule has 218 valence electrons. The zero-order chi connectivity index (χ0) is 30.3. The second-order valence-electron chi connectivity index (χ2n) is 11.0. The van der Waals surface area contributed by atoms with E-state index in [2.05, 4.69) is 10.6 Å². The molecule has 0 radical (unpaired) electrons. The number of alkyl carbamates (subject to hydrolysis) is 1. The van der Waals surface area contributed by atoms with Gasteiger partial charge in [0.2, 0.25) is 5.91 Å². The molecule has 0 bridgehead atoms. The van der Waals surface area contributed by atoms with Crippen LogP contribution in [0.3, 0.4) is 0 Å². The molecule has 0 spiro atoms. The second-order valence-corrected chi connectivity index (χ2v) is 11.0. The number of hydrogen-bond acceptors (Lipinski definition) is 6. The van der Waals surface area contributed by atoms with Gasteiger partial charge < -0.3 is 30.1 Å². The molecule has 0 saturated carbocycles. The van der Waals surface area contributed by atoms with E-state index in [0.717, 1.165) is 11.1 Å². The molecule has 0 aliphatic heterocycles. The lowest BCUT2D eigenvalue weighted by Crippen LogP contribution is -2.52. The minimum atomic E-state index is -1.05. The summed E-state index contributed by atoms with van der Waals surface area (Å²) in [5, 5.41) is 15.3. The Labute approximate surface area is 241 Å². The number of amides is 3. The molecule has 0 heterocycles. The number of likely N-dealkylation sites (N-methyl/N-ethyl adjacent to an activating group) is 1. The molecule has 2 atom stereocenters. The minimum absolute atomic E-state index is 0.0824. The van der Waals surface area contributed by atoms with Crippen LogP contribution in [0.25, 0.3) is 0 Å². The first-order valence-electron chi connectivity index (χ1n) is 13.3. The number of hydrogen-bond donors (Lipinski definition) is 3. The van der Waals surface area contributed by atoms with Gasteiger partial charge in [-0.15, -0.1) is 0 Å². The molecule has 3 aromatic carbocycles. The summed E-state index contributed by atoms with van der Waals surface area (Å²) in [5.74, 6) is -0.175. The monoisotopic (exact) mass is 561 g/mol. The molecule has 0 saturated heterocycles. The van der Waals surface area contributed by atoms with E-state index >= 15 is 0 Å². The van der Waals surface area contributed by atoms with E-state index < -0.39 is 35.6 Å². The Balaban J connectivity index is 1.98. The van der Waals surface area contributed by atoms with Gasteiger partial charge in [-0.05, 0) is 87.7 Å². The van der Waals surface area contributed by atoms with Crippen LogP contribution in [-0.2, 0) is 20.7 Å². The van der Waals surface area contributed by atoms with Crippen LogP contribution in [0.5, 0.6) is 11.5 Å². The summed E-state index contributed by atoms with van der Waals surface area (Å²) in [4.78, 5) is 42.0. The van der Waals surface area contributed by atoms with Crippen molar-refractivity contribution < 1.29 is 29.0 Å². The average molecular weight is 562 g/mol. The van der Waals surface area contributed by atoms with Gasteiger partial charge in [-0.1, -0.05) is 35.9 Å². The van der Waals surface area contributed by atoms with Crippen molar-refractivity contribution in [2.45, 2.75) is 58.7 Å². The Kier molecular flexibility index (Phi) is 9.99. The molecule has 2 unspecified atom stereocenters. The Morgan fingerprint density at radius 1 is 0.951 bits per heavy atom. The normalized spacial score (nSPS) is 12.6. The predicted octanol–water partition coefficient (Wildman–Crippen LogP) is 5.29. The van der Waals surface area contributed by atoms with Crippen molar-refractivity contribution in [3.8, 4) is 11.5 Å². The number of methoxy groups -OCH3 is 1. The van der Waals surface area contributed by atoms with Crippen molar-refractivity contribution in [1.82, 2.24) is 10.2 Å². The highest BCUT2D eigenvalue weighted by molar-refractivity contribution is 5.99. The van der Waals surface area contributed by atoms with E-state index in [4.69, 9.17) is 9.47 Å². The fourth-order valence-electron chi connectivity index (χ4n) is 4.36. The van der Waals surface area contributed by atoms with Crippen molar-refractivity contribution in [1.29, 1.82) is 0 Å². The summed E-state index contributed by atoms with van der Waals surface area (Å²) in [6.45, 7) is 9.00. The van der Waals surface area contributed by atoms with E-state index in [1.807, 2.05) is 32.0 Å². The number of ether oxygens (including phenoxy) is 2. The zero-order valence-electron chi connectivity index (χ0n) is 24.6. The maximum absolute atomic E-state index is 14.1. The van der Waals surface area contributed by atoms with Crippen LogP contribution in [0, 0.1) is 13.8 Å². The number of nitrogens with one attached hydrogen (secondary N) is 2. The molecule has 3 rings (SSSR count). The van der Waals surface area contributed by atoms with E-state index in [1.165, 1.54) is 17.0 Å². The van der Waals surface area contributed by atoms with Crippen molar-refractivity contribution >= 4 is 23.6 Å². The molecule has 3 amide bonds. The SMILES string of the molecule is COc1ccc(NC(=O)C(c2cc(C)ccc2C)N(C)C(=O)C(Cc2ccc(O)cc2)NC(=O)OC(C)(C)C)cc1. The number of benzene rings is 3. The number of rotatable bonds is 9. The number of anilines is 1. The Hall–Kier alpha value is -4.53. The predicted molar refractivity (Wildman–Crippen MR) is 158 cm³/mol. The van der Waals surface area contributed by atoms with E-state index in [0.29, 0.717) is 22.6 Å². The highest BCUT2D eigenvalue weighted by Gasteiger charge is 2.35. The van der Waals surface area contributed by atoms with Crippen molar-refractivity contribution in [2.75, 3.05) is 19.5 Å². The van der Waals surface area contributed by atoms with E-state index in [-0.39, 0.29) is 12.2 Å². The van der Waals surface area contributed by atoms with Gasteiger partial charge in [0.05, 0.1) is 7.11 Å². The molecule has 9 nitrogen and oxygen atoms in total. The lowest BCUT2D eigenvalue weighted by Gasteiger charge is -2.32. The fourth-order valence-corrected chi connectivity index (χ4v) is 4.36. The molecule has 9 heteroatoms. The fraction of sp³-hybridized carbons (Fsp3) is 0.344. The average Bonchev–Trinajstić information content (AvgIpc) is 2.90. The molecule has 0 aliphatic carbocycles. The zero-order valence-corrected chi connectivity index (χ0v) is 24.6. The number of aromatic hydroxyl groups is 1. The van der Waals surface area contributed by atoms with Crippen molar-refractivity contribution in [2.24, 2.45) is 0 Å². The van der Waals surface area contributed by atoms with Gasteiger partial charge in [0.15, 0.2) is 0 Å². The third-order valence-corrected chi connectivity index (χ3v) is 6.44. The smallest absolute Gasteiger partial charge is 0.408 e. The summed E-state index contributed by atoms with van der Waals surface area (Å²) >= 11 is 0. The first-order chi connectivity index (χ1) is 19.3. The molecule has 3 aromatic rings. The Morgan fingerprint density at radius 2 is 1.59 bits per heavy atom. The third kappa shape index (κ3) is 8.73. The van der Waals surface area contributed by atoms with Gasteiger partial charge in [-0.2, -0.15) is 0 Å². The maximum atomic E-state index is 14.1. The first kappa shape index (κ1) is 31.0. The molecular formula is C32H39N3O6. The standard InChI is InChI=1S/C32H39N3O6/c1-20-8-9-21(2)26(18-20)28(29(37)33-23-12-16-25(40-7)17-13-23)35(6)30(38)27(34-31(39)41-32(3,4)5)19-22-10-14-24(36)15-11-22/h8-18,27-28,36H,19H2,1-7H3,(H,33,37)(H,34,39). The van der Waals surface area contributed by atoms with Gasteiger partial charge in [-0.3, -0.25) is 9.59 Å². The quantitative estimate of drug-likeness (QED) is 0.327. The molecule has 0 fully saturated rings. The van der Waals surface area contributed by atoms with Crippen LogP contribution < -0.4 is 15.4 Å². The lowest BCUT2D eigenvalue weighted by molar-refractivity contribution is -0.139. The second kappa shape index (κ2) is 13.2. The largest absolute Gasteiger partial charge is 0.508 e. The van der Waals surface area contributed by atoms with Gasteiger partial charge in [-0.25, -0.2) is 4.79 Å². The highest BCUT2D eigenvalue weighted by Crippen LogP contribution is 2.28. The Bertz CT molecular complexity index is 1360. The van der Waals surface area contributed by atoms with Crippen LogP contribution >= 0.6 is 0 Å².